The summed E-state index contributed by atoms with van der Waals surface area (Å²) < 4.78 is 1.96. The van der Waals surface area contributed by atoms with Crippen LogP contribution in [-0.2, 0) is 0 Å². The van der Waals surface area contributed by atoms with Crippen molar-refractivity contribution in [2.24, 2.45) is 5.73 Å². The van der Waals surface area contributed by atoms with Crippen molar-refractivity contribution >= 4 is 0 Å². The first-order chi connectivity index (χ1) is 5.38. The van der Waals surface area contributed by atoms with Crippen LogP contribution in [0.4, 0.5) is 0 Å². The van der Waals surface area contributed by atoms with E-state index >= 15 is 0 Å². The van der Waals surface area contributed by atoms with E-state index in [4.69, 9.17) is 5.73 Å². The summed E-state index contributed by atoms with van der Waals surface area (Å²) in [6.07, 6.45) is 5.66. The largest absolute Gasteiger partial charge is 0.328 e. The summed E-state index contributed by atoms with van der Waals surface area (Å²) in [4.78, 5) is 0. The van der Waals surface area contributed by atoms with Gasteiger partial charge in [-0.05, 0) is 6.42 Å². The molecule has 11 heavy (non-hydrogen) atoms. The van der Waals surface area contributed by atoms with Crippen molar-refractivity contribution in [3.8, 4) is 0 Å². The fraction of sp³-hybridized carbons (Fsp3) is 0.714. The Bertz CT molecular complexity index is 182. The van der Waals surface area contributed by atoms with Crippen LogP contribution in [0.3, 0.4) is 0 Å². The molecular formula is C7H14N4. The molecule has 0 fully saturated rings. The summed E-state index contributed by atoms with van der Waals surface area (Å²) in [5.74, 6) is 0. The van der Waals surface area contributed by atoms with Crippen molar-refractivity contribution in [1.29, 1.82) is 0 Å². The first-order valence-corrected chi connectivity index (χ1v) is 3.92. The maximum absolute atomic E-state index is 5.57. The molecule has 0 bridgehead atoms. The Hall–Kier alpha value is -0.900. The molecule has 1 atom stereocenters. The quantitative estimate of drug-likeness (QED) is 0.690. The zero-order valence-corrected chi connectivity index (χ0v) is 6.77. The second-order valence-electron chi connectivity index (χ2n) is 2.59. The summed E-state index contributed by atoms with van der Waals surface area (Å²) >= 11 is 0. The predicted octanol–water partition coefficient (Wildman–Crippen LogP) is 0.578. The highest BCUT2D eigenvalue weighted by Crippen LogP contribution is 2.09. The van der Waals surface area contributed by atoms with Crippen LogP contribution in [0.25, 0.3) is 0 Å². The van der Waals surface area contributed by atoms with Crippen LogP contribution in [0.15, 0.2) is 12.7 Å². The maximum Gasteiger partial charge on any atom is 0.119 e. The summed E-state index contributed by atoms with van der Waals surface area (Å²) in [6.45, 7) is 2.80. The molecule has 1 aromatic heterocycles. The zero-order valence-electron chi connectivity index (χ0n) is 6.77. The molecule has 0 aromatic carbocycles. The average molecular weight is 154 g/mol. The van der Waals surface area contributed by atoms with E-state index in [0.717, 1.165) is 12.8 Å². The molecule has 0 aliphatic rings. The van der Waals surface area contributed by atoms with Gasteiger partial charge in [0.05, 0.1) is 0 Å². The highest BCUT2D eigenvalue weighted by molar-refractivity contribution is 4.72. The van der Waals surface area contributed by atoms with Gasteiger partial charge in [-0.2, -0.15) is 0 Å². The molecule has 4 nitrogen and oxygen atoms in total. The van der Waals surface area contributed by atoms with Gasteiger partial charge in [0.25, 0.3) is 0 Å². The minimum absolute atomic E-state index is 0.370. The van der Waals surface area contributed by atoms with Gasteiger partial charge in [-0.25, -0.2) is 0 Å². The molecule has 1 aromatic rings. The minimum Gasteiger partial charge on any atom is -0.328 e. The van der Waals surface area contributed by atoms with E-state index < -0.39 is 0 Å². The van der Waals surface area contributed by atoms with Crippen LogP contribution in [0.5, 0.6) is 0 Å². The molecule has 0 aliphatic carbocycles. The Labute approximate surface area is 66.4 Å². The van der Waals surface area contributed by atoms with Gasteiger partial charge >= 0.3 is 0 Å². The number of hydrogen-bond donors (Lipinski definition) is 1. The van der Waals surface area contributed by atoms with Crippen molar-refractivity contribution in [2.75, 3.05) is 6.54 Å². The molecule has 0 aliphatic heterocycles. The van der Waals surface area contributed by atoms with Crippen LogP contribution in [0, 0.1) is 0 Å². The summed E-state index contributed by atoms with van der Waals surface area (Å²) in [5, 5.41) is 7.46. The molecule has 0 saturated carbocycles. The Morgan fingerprint density at radius 1 is 1.45 bits per heavy atom. The predicted molar refractivity (Wildman–Crippen MR) is 43.0 cm³/mol. The molecule has 1 heterocycles. The average Bonchev–Trinajstić information content (AvgIpc) is 2.52. The molecular weight excluding hydrogens is 140 g/mol. The highest BCUT2D eigenvalue weighted by atomic mass is 15.2. The standard InChI is InChI=1S/C7H14N4/c1-2-3-7(4-8)11-5-9-10-6-11/h5-7H,2-4,8H2,1H3. The van der Waals surface area contributed by atoms with Crippen LogP contribution in [0.2, 0.25) is 0 Å². The Morgan fingerprint density at radius 3 is 2.55 bits per heavy atom. The van der Waals surface area contributed by atoms with E-state index in [0.29, 0.717) is 12.6 Å². The first-order valence-electron chi connectivity index (χ1n) is 3.92. The van der Waals surface area contributed by atoms with Gasteiger partial charge in [-0.3, -0.25) is 0 Å². The zero-order chi connectivity index (χ0) is 8.10. The second kappa shape index (κ2) is 4.08. The van der Waals surface area contributed by atoms with Crippen molar-refractivity contribution in [3.05, 3.63) is 12.7 Å². The van der Waals surface area contributed by atoms with Gasteiger partial charge in [0.15, 0.2) is 0 Å². The fourth-order valence-corrected chi connectivity index (χ4v) is 1.12. The summed E-state index contributed by atoms with van der Waals surface area (Å²) in [7, 11) is 0. The molecule has 0 amide bonds. The van der Waals surface area contributed by atoms with E-state index in [-0.39, 0.29) is 0 Å². The molecule has 0 radical (unpaired) electrons. The van der Waals surface area contributed by atoms with E-state index in [2.05, 4.69) is 17.1 Å². The van der Waals surface area contributed by atoms with Crippen LogP contribution in [0.1, 0.15) is 25.8 Å². The lowest BCUT2D eigenvalue weighted by molar-refractivity contribution is 0.468. The van der Waals surface area contributed by atoms with Gasteiger partial charge in [0.1, 0.15) is 12.7 Å². The smallest absolute Gasteiger partial charge is 0.119 e. The third kappa shape index (κ3) is 2.01. The van der Waals surface area contributed by atoms with Crippen LogP contribution < -0.4 is 5.73 Å². The number of aromatic nitrogens is 3. The number of nitrogens with two attached hydrogens (primary N) is 1. The number of hydrogen-bond acceptors (Lipinski definition) is 3. The van der Waals surface area contributed by atoms with E-state index in [1.54, 1.807) is 12.7 Å². The van der Waals surface area contributed by atoms with Crippen molar-refractivity contribution in [2.45, 2.75) is 25.8 Å². The second-order valence-corrected chi connectivity index (χ2v) is 2.59. The third-order valence-corrected chi connectivity index (χ3v) is 1.75. The maximum atomic E-state index is 5.57. The molecule has 1 unspecified atom stereocenters. The number of rotatable bonds is 4. The topological polar surface area (TPSA) is 56.7 Å². The van der Waals surface area contributed by atoms with Crippen LogP contribution >= 0.6 is 0 Å². The van der Waals surface area contributed by atoms with Crippen molar-refractivity contribution in [1.82, 2.24) is 14.8 Å². The van der Waals surface area contributed by atoms with Gasteiger partial charge in [0, 0.05) is 12.6 Å². The lowest BCUT2D eigenvalue weighted by Crippen LogP contribution is -2.17. The number of nitrogens with zero attached hydrogens (tertiary/aromatic N) is 3. The fourth-order valence-electron chi connectivity index (χ4n) is 1.12. The van der Waals surface area contributed by atoms with E-state index in [1.807, 2.05) is 4.57 Å². The summed E-state index contributed by atoms with van der Waals surface area (Å²) in [5.41, 5.74) is 5.57. The monoisotopic (exact) mass is 154 g/mol. The lowest BCUT2D eigenvalue weighted by atomic mass is 10.2. The van der Waals surface area contributed by atoms with E-state index in [1.165, 1.54) is 0 Å². The molecule has 62 valence electrons. The molecule has 4 heteroatoms. The molecule has 2 N–H and O–H groups in total. The Morgan fingerprint density at radius 2 is 2.09 bits per heavy atom. The SMILES string of the molecule is CCCC(CN)n1cnnc1. The molecule has 1 rings (SSSR count). The van der Waals surface area contributed by atoms with Gasteiger partial charge in [0.2, 0.25) is 0 Å². The van der Waals surface area contributed by atoms with Gasteiger partial charge < -0.3 is 10.3 Å². The lowest BCUT2D eigenvalue weighted by Gasteiger charge is -2.13. The molecule has 0 saturated heterocycles. The van der Waals surface area contributed by atoms with Crippen LogP contribution in [-0.4, -0.2) is 21.3 Å². The third-order valence-electron chi connectivity index (χ3n) is 1.75. The Balaban J connectivity index is 2.56. The van der Waals surface area contributed by atoms with Crippen molar-refractivity contribution in [3.63, 3.8) is 0 Å². The normalized spacial score (nSPS) is 13.3. The van der Waals surface area contributed by atoms with Gasteiger partial charge in [-0.1, -0.05) is 13.3 Å². The first kappa shape index (κ1) is 8.20. The summed E-state index contributed by atoms with van der Waals surface area (Å²) in [6, 6.07) is 0.370. The van der Waals surface area contributed by atoms with Crippen molar-refractivity contribution < 1.29 is 0 Å². The highest BCUT2D eigenvalue weighted by Gasteiger charge is 2.05. The van der Waals surface area contributed by atoms with Gasteiger partial charge in [-0.15, -0.1) is 10.2 Å². The molecule has 0 spiro atoms. The van der Waals surface area contributed by atoms with E-state index in [9.17, 15) is 0 Å². The minimum atomic E-state index is 0.370. The Kier molecular flexibility index (Phi) is 3.04.